The van der Waals surface area contributed by atoms with E-state index in [2.05, 4.69) is 0 Å². The first-order valence-electron chi connectivity index (χ1n) is 3.83. The summed E-state index contributed by atoms with van der Waals surface area (Å²) in [4.78, 5) is 11.3. The van der Waals surface area contributed by atoms with Gasteiger partial charge in [0.15, 0.2) is 0 Å². The van der Waals surface area contributed by atoms with Gasteiger partial charge in [-0.25, -0.2) is 0 Å². The molecule has 1 atom stereocenters. The van der Waals surface area contributed by atoms with Crippen molar-refractivity contribution in [1.29, 1.82) is 0 Å². The van der Waals surface area contributed by atoms with Crippen molar-refractivity contribution < 1.29 is 14.8 Å². The van der Waals surface area contributed by atoms with Gasteiger partial charge in [0.25, 0.3) is 0 Å². The molecule has 0 aromatic heterocycles. The average Bonchev–Trinajstić information content (AvgIpc) is 2.17. The normalized spacial score (nSPS) is 10.7. The standard InChI is InChI=1S/C8H10AsBO3/c1-9-8(11)6-3-2-4-7(5-6)10(12)13/h2-5,9,12-13H,1H3. The molecule has 0 saturated heterocycles. The van der Waals surface area contributed by atoms with Crippen LogP contribution in [0.4, 0.5) is 0 Å². The summed E-state index contributed by atoms with van der Waals surface area (Å²) in [6.45, 7) is 0. The summed E-state index contributed by atoms with van der Waals surface area (Å²) >= 11 is -0.590. The van der Waals surface area contributed by atoms with Crippen LogP contribution in [0.3, 0.4) is 0 Å². The summed E-state index contributed by atoms with van der Waals surface area (Å²) in [5, 5.41) is 17.7. The van der Waals surface area contributed by atoms with Crippen molar-refractivity contribution in [3.8, 4) is 0 Å². The van der Waals surface area contributed by atoms with Gasteiger partial charge in [0.1, 0.15) is 0 Å². The van der Waals surface area contributed by atoms with Gasteiger partial charge in [-0.1, -0.05) is 0 Å². The molecule has 0 aliphatic heterocycles. The Labute approximate surface area is 83.6 Å². The fourth-order valence-corrected chi connectivity index (χ4v) is 1.92. The Morgan fingerprint density at radius 3 is 2.69 bits per heavy atom. The third kappa shape index (κ3) is 2.69. The summed E-state index contributed by atoms with van der Waals surface area (Å²) in [6.07, 6.45) is 0. The van der Waals surface area contributed by atoms with E-state index in [-0.39, 0.29) is 4.57 Å². The number of carbonyl (C=O) groups excluding carboxylic acids is 1. The van der Waals surface area contributed by atoms with Gasteiger partial charge in [-0.3, -0.25) is 0 Å². The number of benzene rings is 1. The second-order valence-electron chi connectivity index (χ2n) is 2.58. The van der Waals surface area contributed by atoms with E-state index in [1.807, 2.05) is 5.71 Å². The van der Waals surface area contributed by atoms with Gasteiger partial charge < -0.3 is 0 Å². The second-order valence-corrected chi connectivity index (χ2v) is 4.58. The Balaban J connectivity index is 2.98. The molecular weight excluding hydrogens is 230 g/mol. The Morgan fingerprint density at radius 1 is 1.46 bits per heavy atom. The maximum absolute atomic E-state index is 11.3. The molecule has 68 valence electrons. The zero-order valence-electron chi connectivity index (χ0n) is 7.19. The molecule has 0 aliphatic rings. The van der Waals surface area contributed by atoms with Crippen LogP contribution in [0, 0.1) is 0 Å². The molecule has 0 aliphatic carbocycles. The van der Waals surface area contributed by atoms with Crippen LogP contribution in [0.15, 0.2) is 24.3 Å². The summed E-state index contributed by atoms with van der Waals surface area (Å²) in [6, 6.07) is 6.46. The van der Waals surface area contributed by atoms with E-state index in [0.717, 1.165) is 0 Å². The van der Waals surface area contributed by atoms with Crippen LogP contribution in [0.25, 0.3) is 0 Å². The van der Waals surface area contributed by atoms with E-state index >= 15 is 0 Å². The maximum atomic E-state index is 11.3. The third-order valence-corrected chi connectivity index (χ3v) is 3.23. The van der Waals surface area contributed by atoms with Crippen LogP contribution in [0.2, 0.25) is 5.71 Å². The Hall–Kier alpha value is -0.567. The first-order valence-corrected chi connectivity index (χ1v) is 6.98. The van der Waals surface area contributed by atoms with Gasteiger partial charge >= 0.3 is 83.3 Å². The molecule has 0 radical (unpaired) electrons. The number of hydrogen-bond donors (Lipinski definition) is 2. The minimum atomic E-state index is -1.50. The van der Waals surface area contributed by atoms with Crippen LogP contribution in [-0.4, -0.2) is 37.5 Å². The van der Waals surface area contributed by atoms with Crippen molar-refractivity contribution >= 4 is 32.9 Å². The zero-order chi connectivity index (χ0) is 9.84. The van der Waals surface area contributed by atoms with Crippen LogP contribution in [-0.2, 0) is 0 Å². The average molecular weight is 240 g/mol. The first kappa shape index (κ1) is 10.5. The van der Waals surface area contributed by atoms with E-state index < -0.39 is 22.9 Å². The fraction of sp³-hybridized carbons (Fsp3) is 0.125. The number of hydrogen-bond acceptors (Lipinski definition) is 3. The molecular formula is C8H10AsBO3. The van der Waals surface area contributed by atoms with Crippen LogP contribution in [0.5, 0.6) is 0 Å². The van der Waals surface area contributed by atoms with E-state index in [9.17, 15) is 4.79 Å². The molecule has 1 unspecified atom stereocenters. The SMILES string of the molecule is C[AsH]C(=O)c1cccc(B(O)O)c1. The second kappa shape index (κ2) is 4.61. The summed E-state index contributed by atoms with van der Waals surface area (Å²) < 4.78 is 0.127. The van der Waals surface area contributed by atoms with Crippen molar-refractivity contribution in [1.82, 2.24) is 0 Å². The van der Waals surface area contributed by atoms with Crippen molar-refractivity contribution in [2.75, 3.05) is 0 Å². The van der Waals surface area contributed by atoms with Crippen molar-refractivity contribution in [2.45, 2.75) is 5.71 Å². The molecule has 13 heavy (non-hydrogen) atoms. The molecule has 0 amide bonds. The van der Waals surface area contributed by atoms with Gasteiger partial charge in [-0.2, -0.15) is 0 Å². The van der Waals surface area contributed by atoms with Crippen molar-refractivity contribution in [3.63, 3.8) is 0 Å². The molecule has 0 fully saturated rings. The van der Waals surface area contributed by atoms with Gasteiger partial charge in [-0.05, 0) is 0 Å². The van der Waals surface area contributed by atoms with Crippen LogP contribution >= 0.6 is 0 Å². The van der Waals surface area contributed by atoms with Gasteiger partial charge in [0.2, 0.25) is 0 Å². The quantitative estimate of drug-likeness (QED) is 0.665. The van der Waals surface area contributed by atoms with E-state index in [1.165, 1.54) is 6.07 Å². The Kier molecular flexibility index (Phi) is 3.73. The molecule has 1 rings (SSSR count). The van der Waals surface area contributed by atoms with Gasteiger partial charge in [0.05, 0.1) is 0 Å². The first-order chi connectivity index (χ1) is 6.15. The minimum absolute atomic E-state index is 0.127. The summed E-state index contributed by atoms with van der Waals surface area (Å²) in [5.41, 5.74) is 2.84. The molecule has 1 aromatic rings. The van der Waals surface area contributed by atoms with E-state index in [4.69, 9.17) is 10.0 Å². The molecule has 0 spiro atoms. The molecule has 0 heterocycles. The van der Waals surface area contributed by atoms with Crippen LogP contribution in [0.1, 0.15) is 10.4 Å². The van der Waals surface area contributed by atoms with Crippen molar-refractivity contribution in [3.05, 3.63) is 29.8 Å². The molecule has 5 heteroatoms. The number of rotatable bonds is 3. The van der Waals surface area contributed by atoms with Gasteiger partial charge in [-0.15, -0.1) is 0 Å². The monoisotopic (exact) mass is 240 g/mol. The number of carbonyl (C=O) groups is 1. The summed E-state index contributed by atoms with van der Waals surface area (Å²) in [5.74, 6) is 0. The molecule has 2 N–H and O–H groups in total. The van der Waals surface area contributed by atoms with E-state index in [0.29, 0.717) is 11.0 Å². The predicted octanol–water partition coefficient (Wildman–Crippen LogP) is -1.01. The van der Waals surface area contributed by atoms with Crippen LogP contribution < -0.4 is 5.46 Å². The van der Waals surface area contributed by atoms with E-state index in [1.54, 1.807) is 18.2 Å². The molecule has 0 bridgehead atoms. The predicted molar refractivity (Wildman–Crippen MR) is 53.6 cm³/mol. The van der Waals surface area contributed by atoms with Crippen molar-refractivity contribution in [2.24, 2.45) is 0 Å². The molecule has 1 aromatic carbocycles. The fourth-order valence-electron chi connectivity index (χ4n) is 0.985. The topological polar surface area (TPSA) is 57.5 Å². The third-order valence-electron chi connectivity index (χ3n) is 1.67. The van der Waals surface area contributed by atoms with Gasteiger partial charge in [0, 0.05) is 0 Å². The molecule has 0 saturated carbocycles. The Bertz CT molecular complexity index is 314. The summed E-state index contributed by atoms with van der Waals surface area (Å²) in [7, 11) is -1.50. The molecule has 3 nitrogen and oxygen atoms in total. The zero-order valence-corrected chi connectivity index (χ0v) is 9.29. The Morgan fingerprint density at radius 2 is 2.15 bits per heavy atom.